The highest BCUT2D eigenvalue weighted by Gasteiger charge is 2.28. The minimum absolute atomic E-state index is 0.0140. The number of hydrogen-bond donors (Lipinski definition) is 2. The van der Waals surface area contributed by atoms with E-state index in [-0.39, 0.29) is 23.7 Å². The maximum absolute atomic E-state index is 12.6. The maximum atomic E-state index is 12.6. The molecule has 25 heavy (non-hydrogen) atoms. The third-order valence-corrected chi connectivity index (χ3v) is 4.87. The molecule has 2 rings (SSSR count). The summed E-state index contributed by atoms with van der Waals surface area (Å²) in [5, 5.41) is 12.8. The first-order valence-electron chi connectivity index (χ1n) is 9.29. The zero-order chi connectivity index (χ0) is 18.2. The van der Waals surface area contributed by atoms with Crippen molar-refractivity contribution in [1.82, 2.24) is 10.2 Å². The van der Waals surface area contributed by atoms with E-state index in [1.165, 1.54) is 0 Å². The number of carbonyl (C=O) groups is 2. The van der Waals surface area contributed by atoms with E-state index in [9.17, 15) is 14.7 Å². The van der Waals surface area contributed by atoms with Gasteiger partial charge in [0.1, 0.15) is 0 Å². The number of aliphatic hydroxyl groups excluding tert-OH is 1. The first-order chi connectivity index (χ1) is 12.0. The largest absolute Gasteiger partial charge is 0.393 e. The van der Waals surface area contributed by atoms with Crippen molar-refractivity contribution >= 4 is 11.8 Å². The number of carbonyl (C=O) groups excluding carboxylic acids is 2. The van der Waals surface area contributed by atoms with Crippen molar-refractivity contribution in [2.45, 2.75) is 51.6 Å². The maximum Gasteiger partial charge on any atom is 0.224 e. The Labute approximate surface area is 150 Å². The Morgan fingerprint density at radius 1 is 1.32 bits per heavy atom. The average molecular weight is 346 g/mol. The summed E-state index contributed by atoms with van der Waals surface area (Å²) in [5.41, 5.74) is 1.12. The van der Waals surface area contributed by atoms with Gasteiger partial charge in [-0.3, -0.25) is 9.59 Å². The Morgan fingerprint density at radius 3 is 2.68 bits per heavy atom. The summed E-state index contributed by atoms with van der Waals surface area (Å²) in [5.74, 6) is 0.0863. The molecular formula is C20H30N2O3. The van der Waals surface area contributed by atoms with Crippen molar-refractivity contribution in [3.05, 3.63) is 35.9 Å². The molecule has 0 radical (unpaired) electrons. The van der Waals surface area contributed by atoms with Gasteiger partial charge in [0.2, 0.25) is 11.8 Å². The highest BCUT2D eigenvalue weighted by Crippen LogP contribution is 2.22. The van der Waals surface area contributed by atoms with Gasteiger partial charge in [-0.25, -0.2) is 0 Å². The zero-order valence-electron chi connectivity index (χ0n) is 15.3. The number of nitrogens with zero attached hydrogens (tertiary/aromatic N) is 1. The number of benzene rings is 1. The summed E-state index contributed by atoms with van der Waals surface area (Å²) in [6.45, 7) is 5.40. The van der Waals surface area contributed by atoms with Gasteiger partial charge < -0.3 is 15.3 Å². The highest BCUT2D eigenvalue weighted by molar-refractivity contribution is 5.81. The number of aliphatic hydroxyl groups is 1. The van der Waals surface area contributed by atoms with Gasteiger partial charge in [-0.15, -0.1) is 0 Å². The van der Waals surface area contributed by atoms with E-state index in [1.807, 2.05) is 37.3 Å². The van der Waals surface area contributed by atoms with Crippen molar-refractivity contribution in [1.29, 1.82) is 0 Å². The predicted octanol–water partition coefficient (Wildman–Crippen LogP) is 2.31. The number of rotatable bonds is 7. The Morgan fingerprint density at radius 2 is 2.04 bits per heavy atom. The third-order valence-electron chi connectivity index (χ3n) is 4.87. The standard InChI is InChI=1S/C20H30N2O3/c1-3-19(24)22-11-7-10-17(14-22)20(25)21-13-18(12-15(2)23)16-8-5-4-6-9-16/h4-6,8-9,15,17-18,23H,3,7,10-14H2,1-2H3,(H,21,25). The fourth-order valence-electron chi connectivity index (χ4n) is 3.48. The third kappa shape index (κ3) is 5.85. The molecule has 1 aromatic carbocycles. The summed E-state index contributed by atoms with van der Waals surface area (Å²) in [6.07, 6.45) is 2.37. The summed E-state index contributed by atoms with van der Waals surface area (Å²) >= 11 is 0. The molecule has 1 saturated heterocycles. The van der Waals surface area contributed by atoms with Crippen LogP contribution in [-0.2, 0) is 9.59 Å². The van der Waals surface area contributed by atoms with Gasteiger partial charge in [0.15, 0.2) is 0 Å². The number of piperidine rings is 1. The molecule has 3 atom stereocenters. The van der Waals surface area contributed by atoms with Crippen LogP contribution in [0, 0.1) is 5.92 Å². The first-order valence-corrected chi connectivity index (χ1v) is 9.29. The minimum Gasteiger partial charge on any atom is -0.393 e. The molecule has 1 aliphatic rings. The number of likely N-dealkylation sites (tertiary alicyclic amines) is 1. The predicted molar refractivity (Wildman–Crippen MR) is 98.1 cm³/mol. The van der Waals surface area contributed by atoms with E-state index in [2.05, 4.69) is 5.32 Å². The molecule has 2 N–H and O–H groups in total. The van der Waals surface area contributed by atoms with Gasteiger partial charge in [0, 0.05) is 32.0 Å². The van der Waals surface area contributed by atoms with Crippen LogP contribution in [0.4, 0.5) is 0 Å². The van der Waals surface area contributed by atoms with Crippen LogP contribution in [0.15, 0.2) is 30.3 Å². The Hall–Kier alpha value is -1.88. The van der Waals surface area contributed by atoms with Crippen LogP contribution in [0.3, 0.4) is 0 Å². The van der Waals surface area contributed by atoms with Crippen LogP contribution >= 0.6 is 0 Å². The molecule has 1 heterocycles. The van der Waals surface area contributed by atoms with E-state index < -0.39 is 6.10 Å². The highest BCUT2D eigenvalue weighted by atomic mass is 16.3. The molecule has 0 saturated carbocycles. The smallest absolute Gasteiger partial charge is 0.224 e. The zero-order valence-corrected chi connectivity index (χ0v) is 15.3. The van der Waals surface area contributed by atoms with Crippen LogP contribution in [0.25, 0.3) is 0 Å². The molecular weight excluding hydrogens is 316 g/mol. The monoisotopic (exact) mass is 346 g/mol. The molecule has 1 fully saturated rings. The normalized spacial score (nSPS) is 20.0. The first kappa shape index (κ1) is 19.4. The average Bonchev–Trinajstić information content (AvgIpc) is 2.64. The van der Waals surface area contributed by atoms with Gasteiger partial charge in [-0.05, 0) is 31.7 Å². The molecule has 0 bridgehead atoms. The fourth-order valence-corrected chi connectivity index (χ4v) is 3.48. The number of nitrogens with one attached hydrogen (secondary N) is 1. The summed E-state index contributed by atoms with van der Waals surface area (Å²) in [4.78, 5) is 26.2. The molecule has 5 heteroatoms. The molecule has 0 aromatic heterocycles. The van der Waals surface area contributed by atoms with E-state index in [0.717, 1.165) is 24.9 Å². The van der Waals surface area contributed by atoms with Crippen LogP contribution in [-0.4, -0.2) is 47.6 Å². The summed E-state index contributed by atoms with van der Waals surface area (Å²) in [7, 11) is 0. The molecule has 5 nitrogen and oxygen atoms in total. The van der Waals surface area contributed by atoms with Gasteiger partial charge in [-0.1, -0.05) is 37.3 Å². The molecule has 138 valence electrons. The van der Waals surface area contributed by atoms with Crippen LogP contribution in [0.5, 0.6) is 0 Å². The second-order valence-corrected chi connectivity index (χ2v) is 6.97. The lowest BCUT2D eigenvalue weighted by molar-refractivity contribution is -0.135. The topological polar surface area (TPSA) is 69.6 Å². The fraction of sp³-hybridized carbons (Fsp3) is 0.600. The Bertz CT molecular complexity index is 559. The molecule has 1 aliphatic heterocycles. The molecule has 3 unspecified atom stereocenters. The number of hydrogen-bond acceptors (Lipinski definition) is 3. The van der Waals surface area contributed by atoms with Gasteiger partial charge in [0.25, 0.3) is 0 Å². The van der Waals surface area contributed by atoms with Crippen molar-refractivity contribution in [2.75, 3.05) is 19.6 Å². The van der Waals surface area contributed by atoms with Crippen molar-refractivity contribution in [2.24, 2.45) is 5.92 Å². The van der Waals surface area contributed by atoms with Crippen molar-refractivity contribution in [3.8, 4) is 0 Å². The molecule has 1 aromatic rings. The van der Waals surface area contributed by atoms with Crippen molar-refractivity contribution in [3.63, 3.8) is 0 Å². The molecule has 0 aliphatic carbocycles. The second-order valence-electron chi connectivity index (χ2n) is 6.97. The van der Waals surface area contributed by atoms with Crippen LogP contribution in [0.2, 0.25) is 0 Å². The minimum atomic E-state index is -0.422. The lowest BCUT2D eigenvalue weighted by Crippen LogP contribution is -2.46. The quantitative estimate of drug-likeness (QED) is 0.796. The van der Waals surface area contributed by atoms with Gasteiger partial charge >= 0.3 is 0 Å². The Kier molecular flexibility index (Phi) is 7.44. The molecule has 0 spiro atoms. The lowest BCUT2D eigenvalue weighted by Gasteiger charge is -2.32. The Balaban J connectivity index is 1.93. The SMILES string of the molecule is CCC(=O)N1CCCC(C(=O)NCC(CC(C)O)c2ccccc2)C1. The van der Waals surface area contributed by atoms with Crippen molar-refractivity contribution < 1.29 is 14.7 Å². The lowest BCUT2D eigenvalue weighted by atomic mass is 9.92. The van der Waals surface area contributed by atoms with E-state index in [1.54, 1.807) is 11.8 Å². The molecule has 2 amide bonds. The number of amides is 2. The van der Waals surface area contributed by atoms with Crippen LogP contribution < -0.4 is 5.32 Å². The summed E-state index contributed by atoms with van der Waals surface area (Å²) < 4.78 is 0. The van der Waals surface area contributed by atoms with E-state index >= 15 is 0 Å². The second kappa shape index (κ2) is 9.56. The van der Waals surface area contributed by atoms with E-state index in [4.69, 9.17) is 0 Å². The van der Waals surface area contributed by atoms with E-state index in [0.29, 0.717) is 25.9 Å². The van der Waals surface area contributed by atoms with Gasteiger partial charge in [0.05, 0.1) is 12.0 Å². The summed E-state index contributed by atoms with van der Waals surface area (Å²) in [6, 6.07) is 9.97. The van der Waals surface area contributed by atoms with Crippen LogP contribution in [0.1, 0.15) is 51.0 Å². The van der Waals surface area contributed by atoms with Gasteiger partial charge in [-0.2, -0.15) is 0 Å².